The van der Waals surface area contributed by atoms with E-state index in [9.17, 15) is 14.0 Å². The summed E-state index contributed by atoms with van der Waals surface area (Å²) in [7, 11) is 0. The second-order valence-electron chi connectivity index (χ2n) is 6.99. The summed E-state index contributed by atoms with van der Waals surface area (Å²) in [4.78, 5) is 28.6. The van der Waals surface area contributed by atoms with Crippen LogP contribution in [0.25, 0.3) is 0 Å². The number of halogens is 1. The number of carbonyl (C=O) groups is 2. The number of piperazine rings is 1. The van der Waals surface area contributed by atoms with Gasteiger partial charge in [0.1, 0.15) is 11.6 Å². The van der Waals surface area contributed by atoms with E-state index in [0.29, 0.717) is 31.9 Å². The average Bonchev–Trinajstić information content (AvgIpc) is 2.68. The molecule has 3 rings (SSSR count). The molecule has 6 heteroatoms. The van der Waals surface area contributed by atoms with Crippen molar-refractivity contribution < 1.29 is 18.7 Å². The van der Waals surface area contributed by atoms with Gasteiger partial charge < -0.3 is 14.5 Å². The van der Waals surface area contributed by atoms with Crippen molar-refractivity contribution in [3.05, 3.63) is 66.0 Å². The zero-order valence-electron chi connectivity index (χ0n) is 15.5. The maximum absolute atomic E-state index is 13.8. The highest BCUT2D eigenvalue weighted by Gasteiger charge is 2.36. The van der Waals surface area contributed by atoms with E-state index in [1.807, 2.05) is 18.2 Å². The molecule has 0 bridgehead atoms. The fourth-order valence-electron chi connectivity index (χ4n) is 3.13. The summed E-state index contributed by atoms with van der Waals surface area (Å²) < 4.78 is 19.7. The van der Waals surface area contributed by atoms with E-state index in [1.165, 1.54) is 12.1 Å². The standard InChI is InChI=1S/C21H23FN2O3/c1-21(2,27-16-8-4-3-5-9-16)20(26)24-14-12-23(13-15-24)19(25)17-10-6-7-11-18(17)22/h3-11H,12-15H2,1-2H3. The van der Waals surface area contributed by atoms with Gasteiger partial charge in [-0.25, -0.2) is 4.39 Å². The van der Waals surface area contributed by atoms with Crippen molar-refractivity contribution in [2.75, 3.05) is 26.2 Å². The van der Waals surface area contributed by atoms with Gasteiger partial charge in [-0.2, -0.15) is 0 Å². The first kappa shape index (κ1) is 18.9. The molecule has 5 nitrogen and oxygen atoms in total. The van der Waals surface area contributed by atoms with E-state index in [0.717, 1.165) is 0 Å². The largest absolute Gasteiger partial charge is 0.478 e. The van der Waals surface area contributed by atoms with Crippen molar-refractivity contribution in [3.8, 4) is 5.75 Å². The molecule has 27 heavy (non-hydrogen) atoms. The van der Waals surface area contributed by atoms with Gasteiger partial charge in [0.2, 0.25) is 0 Å². The zero-order valence-corrected chi connectivity index (χ0v) is 15.5. The molecule has 1 aliphatic heterocycles. The van der Waals surface area contributed by atoms with E-state index in [1.54, 1.807) is 47.9 Å². The lowest BCUT2D eigenvalue weighted by Gasteiger charge is -2.38. The predicted molar refractivity (Wildman–Crippen MR) is 100 cm³/mol. The van der Waals surface area contributed by atoms with E-state index >= 15 is 0 Å². The zero-order chi connectivity index (χ0) is 19.4. The molecule has 1 heterocycles. The Morgan fingerprint density at radius 3 is 2.07 bits per heavy atom. The first-order valence-corrected chi connectivity index (χ1v) is 8.96. The van der Waals surface area contributed by atoms with Crippen LogP contribution in [-0.2, 0) is 4.79 Å². The molecule has 0 radical (unpaired) electrons. The van der Waals surface area contributed by atoms with Crippen LogP contribution in [0.5, 0.6) is 5.75 Å². The number of hydrogen-bond acceptors (Lipinski definition) is 3. The van der Waals surface area contributed by atoms with Crippen LogP contribution in [0.1, 0.15) is 24.2 Å². The van der Waals surface area contributed by atoms with Crippen molar-refractivity contribution in [1.29, 1.82) is 0 Å². The van der Waals surface area contributed by atoms with Crippen molar-refractivity contribution in [3.63, 3.8) is 0 Å². The fourth-order valence-corrected chi connectivity index (χ4v) is 3.13. The Labute approximate surface area is 158 Å². The number of nitrogens with zero attached hydrogens (tertiary/aromatic N) is 2. The van der Waals surface area contributed by atoms with Gasteiger partial charge in [0.05, 0.1) is 5.56 Å². The molecule has 0 unspecified atom stereocenters. The third-order valence-electron chi connectivity index (χ3n) is 4.59. The Hall–Kier alpha value is -2.89. The van der Waals surface area contributed by atoms with Crippen LogP contribution < -0.4 is 4.74 Å². The van der Waals surface area contributed by atoms with Crippen LogP contribution in [0, 0.1) is 5.82 Å². The molecule has 2 aromatic carbocycles. The van der Waals surface area contributed by atoms with Crippen molar-refractivity contribution in [1.82, 2.24) is 9.80 Å². The Morgan fingerprint density at radius 1 is 0.889 bits per heavy atom. The topological polar surface area (TPSA) is 49.9 Å². The number of ether oxygens (including phenoxy) is 1. The lowest BCUT2D eigenvalue weighted by Crippen LogP contribution is -2.56. The third-order valence-corrected chi connectivity index (χ3v) is 4.59. The molecule has 2 amide bonds. The third kappa shape index (κ3) is 4.27. The molecule has 0 spiro atoms. The molecule has 1 saturated heterocycles. The van der Waals surface area contributed by atoms with Crippen LogP contribution in [0.4, 0.5) is 4.39 Å². The first-order chi connectivity index (χ1) is 12.9. The minimum atomic E-state index is -1.01. The molecule has 0 aromatic heterocycles. The van der Waals surface area contributed by atoms with Gasteiger partial charge in [-0.05, 0) is 38.1 Å². The molecule has 2 aromatic rings. The Bertz CT molecular complexity index is 815. The number of carbonyl (C=O) groups excluding carboxylic acids is 2. The van der Waals surface area contributed by atoms with Gasteiger partial charge >= 0.3 is 0 Å². The van der Waals surface area contributed by atoms with Crippen molar-refractivity contribution >= 4 is 11.8 Å². The van der Waals surface area contributed by atoms with Gasteiger partial charge in [-0.1, -0.05) is 30.3 Å². The Morgan fingerprint density at radius 2 is 1.44 bits per heavy atom. The van der Waals surface area contributed by atoms with E-state index in [-0.39, 0.29) is 17.4 Å². The predicted octanol–water partition coefficient (Wildman–Crippen LogP) is 2.97. The second kappa shape index (κ2) is 7.78. The smallest absolute Gasteiger partial charge is 0.266 e. The highest BCUT2D eigenvalue weighted by molar-refractivity contribution is 5.94. The number of para-hydroxylation sites is 1. The highest BCUT2D eigenvalue weighted by Crippen LogP contribution is 2.21. The quantitative estimate of drug-likeness (QED) is 0.831. The summed E-state index contributed by atoms with van der Waals surface area (Å²) in [5.41, 5.74) is -0.955. The summed E-state index contributed by atoms with van der Waals surface area (Å²) in [6.07, 6.45) is 0. The molecule has 0 N–H and O–H groups in total. The lowest BCUT2D eigenvalue weighted by atomic mass is 10.1. The molecule has 0 saturated carbocycles. The van der Waals surface area contributed by atoms with E-state index in [2.05, 4.69) is 0 Å². The fraction of sp³-hybridized carbons (Fsp3) is 0.333. The summed E-state index contributed by atoms with van der Waals surface area (Å²) in [6, 6.07) is 15.1. The number of benzene rings is 2. The van der Waals surface area contributed by atoms with Gasteiger partial charge in [0.25, 0.3) is 11.8 Å². The Kier molecular flexibility index (Phi) is 5.44. The number of rotatable bonds is 4. The molecule has 0 aliphatic carbocycles. The molecule has 1 fully saturated rings. The lowest BCUT2D eigenvalue weighted by molar-refractivity contribution is -0.147. The van der Waals surface area contributed by atoms with Crippen LogP contribution in [0.3, 0.4) is 0 Å². The van der Waals surface area contributed by atoms with Gasteiger partial charge in [0, 0.05) is 26.2 Å². The van der Waals surface area contributed by atoms with Crippen LogP contribution in [0.15, 0.2) is 54.6 Å². The molecular weight excluding hydrogens is 347 g/mol. The Balaban J connectivity index is 1.60. The molecule has 1 aliphatic rings. The van der Waals surface area contributed by atoms with Crippen molar-refractivity contribution in [2.24, 2.45) is 0 Å². The monoisotopic (exact) mass is 370 g/mol. The maximum atomic E-state index is 13.8. The first-order valence-electron chi connectivity index (χ1n) is 8.96. The van der Waals surface area contributed by atoms with Crippen LogP contribution in [-0.4, -0.2) is 53.4 Å². The normalized spacial score (nSPS) is 14.8. The second-order valence-corrected chi connectivity index (χ2v) is 6.99. The summed E-state index contributed by atoms with van der Waals surface area (Å²) in [5.74, 6) is -0.382. The minimum absolute atomic E-state index is 0.0602. The number of hydrogen-bond donors (Lipinski definition) is 0. The molecule has 0 atom stereocenters. The van der Waals surface area contributed by atoms with Crippen LogP contribution >= 0.6 is 0 Å². The van der Waals surface area contributed by atoms with Gasteiger partial charge in [0.15, 0.2) is 5.60 Å². The average molecular weight is 370 g/mol. The van der Waals surface area contributed by atoms with Crippen molar-refractivity contribution in [2.45, 2.75) is 19.4 Å². The van der Waals surface area contributed by atoms with E-state index in [4.69, 9.17) is 4.74 Å². The maximum Gasteiger partial charge on any atom is 0.266 e. The molecular formula is C21H23FN2O3. The van der Waals surface area contributed by atoms with Gasteiger partial charge in [-0.3, -0.25) is 9.59 Å². The molecule has 142 valence electrons. The summed E-state index contributed by atoms with van der Waals surface area (Å²) in [5, 5.41) is 0. The summed E-state index contributed by atoms with van der Waals surface area (Å²) in [6.45, 7) is 4.97. The summed E-state index contributed by atoms with van der Waals surface area (Å²) >= 11 is 0. The van der Waals surface area contributed by atoms with E-state index < -0.39 is 11.4 Å². The highest BCUT2D eigenvalue weighted by atomic mass is 19.1. The van der Waals surface area contributed by atoms with Crippen LogP contribution in [0.2, 0.25) is 0 Å². The SMILES string of the molecule is CC(C)(Oc1ccccc1)C(=O)N1CCN(C(=O)c2ccccc2F)CC1. The van der Waals surface area contributed by atoms with Gasteiger partial charge in [-0.15, -0.1) is 0 Å². The minimum Gasteiger partial charge on any atom is -0.478 e. The number of amides is 2.